The third-order valence-electron chi connectivity index (χ3n) is 3.59. The Kier molecular flexibility index (Phi) is 4.13. The van der Waals surface area contributed by atoms with Gasteiger partial charge in [0.15, 0.2) is 0 Å². The molecular weight excluding hydrogens is 256 g/mol. The standard InChI is InChI=1S/C14H24N4O2/c1-6-10-8-20-9(2)7-18(10)12(19)11-15-13(17-16-11)14(3,4)5/h9-10H,6-8H2,1-5H3,(H,15,16,17). The summed E-state index contributed by atoms with van der Waals surface area (Å²) >= 11 is 0. The van der Waals surface area contributed by atoms with Crippen molar-refractivity contribution < 1.29 is 9.53 Å². The number of hydrogen-bond donors (Lipinski definition) is 1. The number of aromatic amines is 1. The van der Waals surface area contributed by atoms with Gasteiger partial charge >= 0.3 is 0 Å². The largest absolute Gasteiger partial charge is 0.375 e. The second kappa shape index (κ2) is 5.52. The SMILES string of the molecule is CCC1COC(C)CN1C(=O)c1n[nH]c(C(C)(C)C)n1. The van der Waals surface area contributed by atoms with Crippen LogP contribution in [-0.4, -0.2) is 51.3 Å². The Morgan fingerprint density at radius 1 is 1.50 bits per heavy atom. The van der Waals surface area contributed by atoms with Crippen molar-refractivity contribution in [3.63, 3.8) is 0 Å². The molecule has 1 amide bonds. The van der Waals surface area contributed by atoms with E-state index in [4.69, 9.17) is 4.74 Å². The number of morpholine rings is 1. The normalized spacial score (nSPS) is 23.9. The van der Waals surface area contributed by atoms with Crippen LogP contribution in [0, 0.1) is 0 Å². The molecule has 0 aromatic carbocycles. The average molecular weight is 280 g/mol. The summed E-state index contributed by atoms with van der Waals surface area (Å²) < 4.78 is 5.61. The van der Waals surface area contributed by atoms with Crippen molar-refractivity contribution in [2.45, 2.75) is 58.6 Å². The molecule has 2 unspecified atom stereocenters. The molecule has 2 atom stereocenters. The summed E-state index contributed by atoms with van der Waals surface area (Å²) in [4.78, 5) is 18.8. The van der Waals surface area contributed by atoms with Crippen LogP contribution < -0.4 is 0 Å². The number of hydrogen-bond acceptors (Lipinski definition) is 4. The first-order valence-corrected chi connectivity index (χ1v) is 7.18. The predicted octanol–water partition coefficient (Wildman–Crippen LogP) is 1.74. The monoisotopic (exact) mass is 280 g/mol. The number of carbonyl (C=O) groups is 1. The lowest BCUT2D eigenvalue weighted by Gasteiger charge is -2.37. The minimum atomic E-state index is -0.145. The molecule has 0 aliphatic carbocycles. The van der Waals surface area contributed by atoms with Crippen molar-refractivity contribution in [3.8, 4) is 0 Å². The highest BCUT2D eigenvalue weighted by molar-refractivity contribution is 5.90. The van der Waals surface area contributed by atoms with Gasteiger partial charge in [-0.05, 0) is 13.3 Å². The van der Waals surface area contributed by atoms with E-state index in [0.717, 1.165) is 12.2 Å². The van der Waals surface area contributed by atoms with Crippen LogP contribution in [0.25, 0.3) is 0 Å². The van der Waals surface area contributed by atoms with Crippen LogP contribution in [0.15, 0.2) is 0 Å². The second-order valence-corrected chi connectivity index (χ2v) is 6.42. The van der Waals surface area contributed by atoms with Crippen LogP contribution in [0.4, 0.5) is 0 Å². The first-order chi connectivity index (χ1) is 9.32. The van der Waals surface area contributed by atoms with Crippen molar-refractivity contribution in [2.24, 2.45) is 0 Å². The second-order valence-electron chi connectivity index (χ2n) is 6.42. The number of H-pyrrole nitrogens is 1. The van der Waals surface area contributed by atoms with E-state index in [1.54, 1.807) is 0 Å². The van der Waals surface area contributed by atoms with Gasteiger partial charge in [0.2, 0.25) is 5.82 Å². The molecule has 2 rings (SSSR count). The summed E-state index contributed by atoms with van der Waals surface area (Å²) in [5, 5.41) is 6.95. The van der Waals surface area contributed by atoms with Crippen LogP contribution in [0.2, 0.25) is 0 Å². The van der Waals surface area contributed by atoms with Gasteiger partial charge in [-0.3, -0.25) is 9.89 Å². The molecule has 1 N–H and O–H groups in total. The Hall–Kier alpha value is -1.43. The maximum atomic E-state index is 12.6. The Morgan fingerprint density at radius 2 is 2.20 bits per heavy atom. The molecule has 2 heterocycles. The van der Waals surface area contributed by atoms with Crippen LogP contribution in [0.1, 0.15) is 57.5 Å². The summed E-state index contributed by atoms with van der Waals surface area (Å²) in [6.45, 7) is 11.3. The van der Waals surface area contributed by atoms with Crippen molar-refractivity contribution in [1.82, 2.24) is 20.1 Å². The number of aromatic nitrogens is 3. The lowest BCUT2D eigenvalue weighted by molar-refractivity contribution is -0.0447. The Balaban J connectivity index is 2.19. The maximum absolute atomic E-state index is 12.6. The van der Waals surface area contributed by atoms with E-state index >= 15 is 0 Å². The summed E-state index contributed by atoms with van der Waals surface area (Å²) in [6.07, 6.45) is 0.928. The van der Waals surface area contributed by atoms with Crippen LogP contribution in [-0.2, 0) is 10.2 Å². The lowest BCUT2D eigenvalue weighted by Crippen LogP contribution is -2.51. The first kappa shape index (κ1) is 15.0. The Labute approximate surface area is 119 Å². The van der Waals surface area contributed by atoms with E-state index in [0.29, 0.717) is 13.2 Å². The fourth-order valence-corrected chi connectivity index (χ4v) is 2.25. The van der Waals surface area contributed by atoms with E-state index < -0.39 is 0 Å². The molecule has 0 saturated carbocycles. The molecule has 1 aromatic rings. The zero-order valence-electron chi connectivity index (χ0n) is 12.9. The van der Waals surface area contributed by atoms with Gasteiger partial charge in [-0.1, -0.05) is 27.7 Å². The highest BCUT2D eigenvalue weighted by atomic mass is 16.5. The topological polar surface area (TPSA) is 71.1 Å². The molecule has 0 bridgehead atoms. The lowest BCUT2D eigenvalue weighted by atomic mass is 9.96. The molecule has 0 radical (unpaired) electrons. The van der Waals surface area contributed by atoms with E-state index in [9.17, 15) is 4.79 Å². The van der Waals surface area contributed by atoms with Gasteiger partial charge in [-0.25, -0.2) is 4.98 Å². The fourth-order valence-electron chi connectivity index (χ4n) is 2.25. The van der Waals surface area contributed by atoms with E-state index in [1.807, 2.05) is 32.6 Å². The molecule has 6 heteroatoms. The molecule has 6 nitrogen and oxygen atoms in total. The van der Waals surface area contributed by atoms with E-state index in [-0.39, 0.29) is 29.3 Å². The highest BCUT2D eigenvalue weighted by Gasteiger charge is 2.32. The van der Waals surface area contributed by atoms with Gasteiger partial charge in [0.1, 0.15) is 5.82 Å². The van der Waals surface area contributed by atoms with Crippen LogP contribution in [0.3, 0.4) is 0 Å². The summed E-state index contributed by atoms with van der Waals surface area (Å²) in [7, 11) is 0. The predicted molar refractivity (Wildman–Crippen MR) is 75.6 cm³/mol. The molecule has 1 aromatic heterocycles. The summed E-state index contributed by atoms with van der Waals surface area (Å²) in [5.74, 6) is 0.872. The molecule has 112 valence electrons. The minimum absolute atomic E-state index is 0.0581. The van der Waals surface area contributed by atoms with Crippen molar-refractivity contribution in [2.75, 3.05) is 13.2 Å². The van der Waals surface area contributed by atoms with Crippen LogP contribution >= 0.6 is 0 Å². The van der Waals surface area contributed by atoms with Gasteiger partial charge < -0.3 is 9.64 Å². The van der Waals surface area contributed by atoms with Crippen molar-refractivity contribution >= 4 is 5.91 Å². The molecule has 20 heavy (non-hydrogen) atoms. The number of carbonyl (C=O) groups excluding carboxylic acids is 1. The smallest absolute Gasteiger partial charge is 0.293 e. The third kappa shape index (κ3) is 3.00. The summed E-state index contributed by atoms with van der Waals surface area (Å²) in [5.41, 5.74) is -0.145. The van der Waals surface area contributed by atoms with E-state index in [2.05, 4.69) is 22.1 Å². The zero-order valence-corrected chi connectivity index (χ0v) is 12.9. The first-order valence-electron chi connectivity index (χ1n) is 7.18. The summed E-state index contributed by atoms with van der Waals surface area (Å²) in [6, 6.07) is 0.107. The van der Waals surface area contributed by atoms with Gasteiger partial charge in [-0.2, -0.15) is 0 Å². The minimum Gasteiger partial charge on any atom is -0.375 e. The number of ether oxygens (including phenoxy) is 1. The fraction of sp³-hybridized carbons (Fsp3) is 0.786. The Bertz CT molecular complexity index is 478. The number of amides is 1. The molecule has 1 aliphatic heterocycles. The molecule has 1 aliphatic rings. The van der Waals surface area contributed by atoms with Crippen molar-refractivity contribution in [1.29, 1.82) is 0 Å². The number of nitrogens with one attached hydrogen (secondary N) is 1. The van der Waals surface area contributed by atoms with Gasteiger partial charge in [0.05, 0.1) is 18.8 Å². The maximum Gasteiger partial charge on any atom is 0.293 e. The quantitative estimate of drug-likeness (QED) is 0.895. The highest BCUT2D eigenvalue weighted by Crippen LogP contribution is 2.20. The number of rotatable bonds is 2. The average Bonchev–Trinajstić information content (AvgIpc) is 2.87. The molecular formula is C14H24N4O2. The van der Waals surface area contributed by atoms with E-state index in [1.165, 1.54) is 0 Å². The molecule has 0 spiro atoms. The van der Waals surface area contributed by atoms with Gasteiger partial charge in [0.25, 0.3) is 5.91 Å². The van der Waals surface area contributed by atoms with Crippen molar-refractivity contribution in [3.05, 3.63) is 11.6 Å². The van der Waals surface area contributed by atoms with Gasteiger partial charge in [0, 0.05) is 12.0 Å². The van der Waals surface area contributed by atoms with Gasteiger partial charge in [-0.15, -0.1) is 5.10 Å². The van der Waals surface area contributed by atoms with Crippen LogP contribution in [0.5, 0.6) is 0 Å². The molecule has 1 saturated heterocycles. The zero-order chi connectivity index (χ0) is 14.9. The third-order valence-corrected chi connectivity index (χ3v) is 3.59. The number of nitrogens with zero attached hydrogens (tertiary/aromatic N) is 3. The molecule has 1 fully saturated rings. The Morgan fingerprint density at radius 3 is 2.75 bits per heavy atom.